The summed E-state index contributed by atoms with van der Waals surface area (Å²) < 4.78 is 68.2. The van der Waals surface area contributed by atoms with Crippen LogP contribution in [-0.4, -0.2) is 73.6 Å². The fourth-order valence-electron chi connectivity index (χ4n) is 3.62. The van der Waals surface area contributed by atoms with E-state index in [-0.39, 0.29) is 11.5 Å². The molecule has 0 saturated carbocycles. The van der Waals surface area contributed by atoms with Gasteiger partial charge < -0.3 is 14.6 Å². The Hall–Kier alpha value is -1.76. The van der Waals surface area contributed by atoms with Crippen LogP contribution in [0.15, 0.2) is 18.2 Å². The van der Waals surface area contributed by atoms with Crippen molar-refractivity contribution in [1.82, 2.24) is 9.29 Å². The first-order valence-corrected chi connectivity index (χ1v) is 11.5. The molecular formula is C19H27F3N2O6S. The molecule has 1 aromatic heterocycles. The first kappa shape index (κ1) is 25.5. The lowest BCUT2D eigenvalue weighted by Gasteiger charge is -2.37. The zero-order valence-corrected chi connectivity index (χ0v) is 18.2. The Morgan fingerprint density at radius 2 is 1.97 bits per heavy atom. The zero-order valence-electron chi connectivity index (χ0n) is 17.4. The summed E-state index contributed by atoms with van der Waals surface area (Å²) in [6, 6.07) is 5.92. The number of pyridine rings is 1. The van der Waals surface area contributed by atoms with Gasteiger partial charge in [0.05, 0.1) is 37.9 Å². The minimum Gasteiger partial charge on any atom is -0.475 e. The Labute approximate surface area is 179 Å². The van der Waals surface area contributed by atoms with Gasteiger partial charge in [-0.1, -0.05) is 6.07 Å². The van der Waals surface area contributed by atoms with Gasteiger partial charge >= 0.3 is 12.1 Å². The molecule has 0 radical (unpaired) electrons. The summed E-state index contributed by atoms with van der Waals surface area (Å²) in [6.45, 7) is 4.94. The summed E-state index contributed by atoms with van der Waals surface area (Å²) in [5.41, 5.74) is 2.05. The number of carbonyl (C=O) groups is 1. The fraction of sp³-hybridized carbons (Fsp3) is 0.684. The van der Waals surface area contributed by atoms with Gasteiger partial charge in [0.1, 0.15) is 0 Å². The van der Waals surface area contributed by atoms with E-state index in [1.807, 2.05) is 25.1 Å². The van der Waals surface area contributed by atoms with Crippen molar-refractivity contribution in [1.29, 1.82) is 0 Å². The molecule has 31 heavy (non-hydrogen) atoms. The Morgan fingerprint density at radius 1 is 1.35 bits per heavy atom. The summed E-state index contributed by atoms with van der Waals surface area (Å²) in [5, 5.41) is 7.12. The highest BCUT2D eigenvalue weighted by Crippen LogP contribution is 2.42. The molecule has 0 aliphatic carbocycles. The first-order valence-electron chi connectivity index (χ1n) is 9.68. The van der Waals surface area contributed by atoms with Crippen molar-refractivity contribution in [3.63, 3.8) is 0 Å². The van der Waals surface area contributed by atoms with Crippen LogP contribution >= 0.6 is 0 Å². The van der Waals surface area contributed by atoms with Crippen LogP contribution in [0.1, 0.15) is 30.7 Å². The second-order valence-electron chi connectivity index (χ2n) is 7.89. The number of hydrogen-bond donors (Lipinski definition) is 1. The highest BCUT2D eigenvalue weighted by Gasteiger charge is 2.43. The second kappa shape index (κ2) is 10.2. The van der Waals surface area contributed by atoms with E-state index in [9.17, 15) is 21.6 Å². The molecular weight excluding hydrogens is 441 g/mol. The van der Waals surface area contributed by atoms with E-state index in [2.05, 4.69) is 4.98 Å². The second-order valence-corrected chi connectivity index (χ2v) is 9.87. The zero-order chi connectivity index (χ0) is 23.3. The van der Waals surface area contributed by atoms with Crippen LogP contribution in [0.5, 0.6) is 0 Å². The molecule has 0 aromatic carbocycles. The number of aryl methyl sites for hydroxylation is 1. The van der Waals surface area contributed by atoms with Crippen LogP contribution in [0, 0.1) is 12.3 Å². The molecule has 2 fully saturated rings. The van der Waals surface area contributed by atoms with Crippen molar-refractivity contribution in [3.8, 4) is 0 Å². The lowest BCUT2D eigenvalue weighted by molar-refractivity contribution is -0.192. The van der Waals surface area contributed by atoms with E-state index in [4.69, 9.17) is 19.4 Å². The number of ether oxygens (including phenoxy) is 2. The van der Waals surface area contributed by atoms with E-state index < -0.39 is 22.2 Å². The third-order valence-corrected chi connectivity index (χ3v) is 6.58. The maximum Gasteiger partial charge on any atom is 0.490 e. The van der Waals surface area contributed by atoms with Crippen LogP contribution < -0.4 is 0 Å². The van der Waals surface area contributed by atoms with Gasteiger partial charge in [-0.15, -0.1) is 0 Å². The number of piperidine rings is 1. The van der Waals surface area contributed by atoms with Gasteiger partial charge in [-0.05, 0) is 43.7 Å². The van der Waals surface area contributed by atoms with Gasteiger partial charge in [0, 0.05) is 18.8 Å². The van der Waals surface area contributed by atoms with E-state index in [1.165, 1.54) is 6.26 Å². The van der Waals surface area contributed by atoms with E-state index in [0.29, 0.717) is 32.9 Å². The van der Waals surface area contributed by atoms with Crippen LogP contribution in [0.3, 0.4) is 0 Å². The van der Waals surface area contributed by atoms with Crippen LogP contribution in [0.25, 0.3) is 0 Å². The third-order valence-electron chi connectivity index (χ3n) is 5.28. The lowest BCUT2D eigenvalue weighted by atomic mass is 9.77. The molecule has 1 unspecified atom stereocenters. The summed E-state index contributed by atoms with van der Waals surface area (Å²) in [6.07, 6.45) is -1.01. The normalized spacial score (nSPS) is 21.5. The molecule has 0 amide bonds. The first-order chi connectivity index (χ1) is 14.3. The SMILES string of the molecule is Cc1cccc(COCC2CC3(CCN(S(C)(=O)=O)CC3)CO2)n1.O=C(O)C(F)(F)F. The smallest absolute Gasteiger partial charge is 0.475 e. The third kappa shape index (κ3) is 8.02. The number of carboxylic acid groups (broad SMARTS) is 1. The molecule has 1 atom stereocenters. The van der Waals surface area contributed by atoms with Gasteiger partial charge in [0.2, 0.25) is 10.0 Å². The molecule has 176 valence electrons. The maximum atomic E-state index is 11.6. The van der Waals surface area contributed by atoms with E-state index >= 15 is 0 Å². The van der Waals surface area contributed by atoms with Crippen molar-refractivity contribution in [2.75, 3.05) is 32.6 Å². The lowest BCUT2D eigenvalue weighted by Crippen LogP contribution is -2.43. The van der Waals surface area contributed by atoms with Crippen molar-refractivity contribution in [2.45, 2.75) is 45.1 Å². The van der Waals surface area contributed by atoms with Crippen LogP contribution in [0.2, 0.25) is 0 Å². The topological polar surface area (TPSA) is 106 Å². The van der Waals surface area contributed by atoms with Crippen molar-refractivity contribution in [3.05, 3.63) is 29.6 Å². The Balaban J connectivity index is 0.000000423. The summed E-state index contributed by atoms with van der Waals surface area (Å²) in [5.74, 6) is -2.76. The van der Waals surface area contributed by atoms with Crippen LogP contribution in [0.4, 0.5) is 13.2 Å². The number of aromatic nitrogens is 1. The minimum absolute atomic E-state index is 0.0968. The number of rotatable bonds is 5. The number of aliphatic carboxylic acids is 1. The standard InChI is InChI=1S/C17H26N2O4S.C2HF3O2/c1-14-4-3-5-15(18-14)11-22-12-16-10-17(13-23-16)6-8-19(9-7-17)24(2,20)21;3-2(4,5)1(6)7/h3-5,16H,6-13H2,1-2H3;(H,6,7). The molecule has 1 spiro atoms. The molecule has 1 N–H and O–H groups in total. The number of hydrogen-bond acceptors (Lipinski definition) is 6. The van der Waals surface area contributed by atoms with Crippen LogP contribution in [-0.2, 0) is 30.9 Å². The number of alkyl halides is 3. The Morgan fingerprint density at radius 3 is 2.48 bits per heavy atom. The fourth-order valence-corrected chi connectivity index (χ4v) is 4.46. The molecule has 8 nitrogen and oxygen atoms in total. The average molecular weight is 468 g/mol. The minimum atomic E-state index is -5.08. The summed E-state index contributed by atoms with van der Waals surface area (Å²) in [7, 11) is -3.07. The van der Waals surface area contributed by atoms with Crippen molar-refractivity contribution >= 4 is 16.0 Å². The predicted octanol–water partition coefficient (Wildman–Crippen LogP) is 2.37. The molecule has 3 rings (SSSR count). The van der Waals surface area contributed by atoms with Crippen molar-refractivity contribution < 1.29 is 41.0 Å². The van der Waals surface area contributed by atoms with Gasteiger partial charge in [-0.25, -0.2) is 17.5 Å². The number of halogens is 3. The quantitative estimate of drug-likeness (QED) is 0.707. The molecule has 2 aliphatic heterocycles. The molecule has 1 aromatic rings. The summed E-state index contributed by atoms with van der Waals surface area (Å²) >= 11 is 0. The van der Waals surface area contributed by atoms with Gasteiger partial charge in [0.15, 0.2) is 0 Å². The number of sulfonamides is 1. The number of carboxylic acids is 1. The monoisotopic (exact) mass is 468 g/mol. The Bertz CT molecular complexity index is 854. The molecule has 3 heterocycles. The predicted molar refractivity (Wildman–Crippen MR) is 105 cm³/mol. The van der Waals surface area contributed by atoms with Gasteiger partial charge in [-0.2, -0.15) is 13.2 Å². The highest BCUT2D eigenvalue weighted by molar-refractivity contribution is 7.88. The van der Waals surface area contributed by atoms with E-state index in [0.717, 1.165) is 30.7 Å². The molecule has 12 heteroatoms. The van der Waals surface area contributed by atoms with E-state index in [1.54, 1.807) is 4.31 Å². The molecule has 2 saturated heterocycles. The highest BCUT2D eigenvalue weighted by atomic mass is 32.2. The maximum absolute atomic E-state index is 11.6. The number of nitrogens with zero attached hydrogens (tertiary/aromatic N) is 2. The van der Waals surface area contributed by atoms with Crippen molar-refractivity contribution in [2.24, 2.45) is 5.41 Å². The van der Waals surface area contributed by atoms with Gasteiger partial charge in [0.25, 0.3) is 0 Å². The Kier molecular flexibility index (Phi) is 8.42. The van der Waals surface area contributed by atoms with Gasteiger partial charge in [-0.3, -0.25) is 4.98 Å². The molecule has 2 aliphatic rings. The largest absolute Gasteiger partial charge is 0.490 e. The molecule has 0 bridgehead atoms. The summed E-state index contributed by atoms with van der Waals surface area (Å²) in [4.78, 5) is 13.3. The average Bonchev–Trinajstić information content (AvgIpc) is 3.03.